The molecule has 0 bridgehead atoms. The van der Waals surface area contributed by atoms with Crippen molar-refractivity contribution < 1.29 is 0 Å². The van der Waals surface area contributed by atoms with Gasteiger partial charge in [-0.1, -0.05) is 84.9 Å². The highest BCUT2D eigenvalue weighted by Gasteiger charge is 2.30. The van der Waals surface area contributed by atoms with Crippen LogP contribution in [0.25, 0.3) is 77.2 Å². The molecule has 0 atom stereocenters. The number of anilines is 3. The van der Waals surface area contributed by atoms with Crippen molar-refractivity contribution in [2.75, 3.05) is 4.90 Å². The van der Waals surface area contributed by atoms with Crippen molar-refractivity contribution in [3.63, 3.8) is 0 Å². The summed E-state index contributed by atoms with van der Waals surface area (Å²) in [7, 11) is 0. The van der Waals surface area contributed by atoms with Gasteiger partial charge in [0, 0.05) is 68.8 Å². The molecule has 51 heavy (non-hydrogen) atoms. The summed E-state index contributed by atoms with van der Waals surface area (Å²) in [4.78, 5) is 11.4. The Kier molecular flexibility index (Phi) is 5.89. The van der Waals surface area contributed by atoms with Gasteiger partial charge in [0.25, 0.3) is 0 Å². The van der Waals surface area contributed by atoms with Crippen LogP contribution in [0.5, 0.6) is 0 Å². The molecule has 1 aliphatic heterocycles. The summed E-state index contributed by atoms with van der Waals surface area (Å²) in [5.41, 5.74) is 14.8. The van der Waals surface area contributed by atoms with Crippen molar-refractivity contribution in [1.82, 2.24) is 19.1 Å². The summed E-state index contributed by atoms with van der Waals surface area (Å²) < 4.78 is 4.96. The average molecular weight is 652 g/mol. The van der Waals surface area contributed by atoms with Gasteiger partial charge >= 0.3 is 0 Å². The minimum atomic E-state index is 1.07. The third-order valence-electron chi connectivity index (χ3n) is 10.3. The standard InChI is InChI=1S/C46H29N5/c1-2-13-34(14-3-1)50-40-17-5-4-15-36(40)38-21-22-39-37-16-8-20-43-44(37)51(46(39)45(38)50)42-19-7-6-18-41(42)49(43)35-26-32(30-11-9-23-47-28-30)25-33(27-35)31-12-10-24-48-29-31/h1-29H. The molecule has 10 aromatic rings. The Labute approximate surface area is 293 Å². The molecule has 0 unspecified atom stereocenters. The molecule has 0 saturated heterocycles. The SMILES string of the molecule is c1ccc(-n2c3ccccc3c3ccc4c5cccc6c5n(c4c32)-c2ccccc2N6c2cc(-c3cccnc3)cc(-c3cccnc3)c2)cc1. The number of benzene rings is 6. The summed E-state index contributed by atoms with van der Waals surface area (Å²) >= 11 is 0. The summed E-state index contributed by atoms with van der Waals surface area (Å²) in [6, 6.07) is 54.8. The summed E-state index contributed by atoms with van der Waals surface area (Å²) in [6.45, 7) is 0. The molecule has 0 saturated carbocycles. The molecule has 5 nitrogen and oxygen atoms in total. The highest BCUT2D eigenvalue weighted by atomic mass is 15.2. The molecule has 0 spiro atoms. The van der Waals surface area contributed by atoms with Crippen molar-refractivity contribution in [3.8, 4) is 33.6 Å². The predicted octanol–water partition coefficient (Wildman–Crippen LogP) is 11.8. The van der Waals surface area contributed by atoms with Crippen LogP contribution in [0.4, 0.5) is 17.1 Å². The number of fused-ring (bicyclic) bond motifs is 9. The molecule has 5 heterocycles. The monoisotopic (exact) mass is 651 g/mol. The smallest absolute Gasteiger partial charge is 0.0790 e. The quantitative estimate of drug-likeness (QED) is 0.190. The number of nitrogens with zero attached hydrogens (tertiary/aromatic N) is 5. The van der Waals surface area contributed by atoms with Crippen LogP contribution in [0.1, 0.15) is 0 Å². The van der Waals surface area contributed by atoms with E-state index in [4.69, 9.17) is 0 Å². The first kappa shape index (κ1) is 27.9. The molecular formula is C46H29N5. The van der Waals surface area contributed by atoms with Crippen molar-refractivity contribution in [2.24, 2.45) is 0 Å². The van der Waals surface area contributed by atoms with Gasteiger partial charge in [0.1, 0.15) is 0 Å². The molecule has 5 heteroatoms. The maximum absolute atomic E-state index is 4.47. The van der Waals surface area contributed by atoms with Gasteiger partial charge in [-0.05, 0) is 77.9 Å². The third kappa shape index (κ3) is 4.03. The molecule has 0 N–H and O–H groups in total. The molecule has 238 valence electrons. The Balaban J connectivity index is 1.27. The highest BCUT2D eigenvalue weighted by Crippen LogP contribution is 2.52. The minimum Gasteiger partial charge on any atom is -0.307 e. The van der Waals surface area contributed by atoms with Gasteiger partial charge in [-0.3, -0.25) is 9.97 Å². The lowest BCUT2D eigenvalue weighted by atomic mass is 9.98. The normalized spacial score (nSPS) is 12.3. The first-order valence-electron chi connectivity index (χ1n) is 17.2. The fraction of sp³-hybridized carbons (Fsp3) is 0. The van der Waals surface area contributed by atoms with E-state index in [1.54, 1.807) is 0 Å². The molecule has 1 aliphatic rings. The first-order valence-corrected chi connectivity index (χ1v) is 17.2. The van der Waals surface area contributed by atoms with E-state index >= 15 is 0 Å². The van der Waals surface area contributed by atoms with E-state index < -0.39 is 0 Å². The molecular weight excluding hydrogens is 623 g/mol. The zero-order valence-electron chi connectivity index (χ0n) is 27.5. The summed E-state index contributed by atoms with van der Waals surface area (Å²) in [5.74, 6) is 0. The van der Waals surface area contributed by atoms with Crippen LogP contribution in [-0.4, -0.2) is 19.1 Å². The third-order valence-corrected chi connectivity index (χ3v) is 10.3. The largest absolute Gasteiger partial charge is 0.307 e. The fourth-order valence-electron chi connectivity index (χ4n) is 8.24. The van der Waals surface area contributed by atoms with Crippen molar-refractivity contribution in [3.05, 3.63) is 176 Å². The van der Waals surface area contributed by atoms with Crippen molar-refractivity contribution >= 4 is 60.7 Å². The maximum Gasteiger partial charge on any atom is 0.0790 e. The van der Waals surface area contributed by atoms with Gasteiger partial charge in [-0.15, -0.1) is 0 Å². The van der Waals surface area contributed by atoms with Gasteiger partial charge in [0.05, 0.1) is 39.1 Å². The van der Waals surface area contributed by atoms with Gasteiger partial charge < -0.3 is 14.0 Å². The molecule has 6 aromatic carbocycles. The van der Waals surface area contributed by atoms with Gasteiger partial charge in [-0.2, -0.15) is 0 Å². The van der Waals surface area contributed by atoms with Crippen LogP contribution < -0.4 is 4.90 Å². The predicted molar refractivity (Wildman–Crippen MR) is 210 cm³/mol. The second-order valence-electron chi connectivity index (χ2n) is 13.1. The lowest BCUT2D eigenvalue weighted by molar-refractivity contribution is 1.10. The number of hydrogen-bond donors (Lipinski definition) is 0. The topological polar surface area (TPSA) is 38.9 Å². The van der Waals surface area contributed by atoms with E-state index in [9.17, 15) is 0 Å². The number of para-hydroxylation sites is 5. The van der Waals surface area contributed by atoms with E-state index in [1.165, 1.54) is 43.6 Å². The summed E-state index contributed by atoms with van der Waals surface area (Å²) in [5, 5.41) is 4.95. The maximum atomic E-state index is 4.47. The Bertz CT molecular complexity index is 2900. The summed E-state index contributed by atoms with van der Waals surface area (Å²) in [6.07, 6.45) is 7.52. The van der Waals surface area contributed by atoms with Crippen molar-refractivity contribution in [2.45, 2.75) is 0 Å². The Hall–Kier alpha value is -6.98. The zero-order valence-corrected chi connectivity index (χ0v) is 27.5. The lowest BCUT2D eigenvalue weighted by Gasteiger charge is -2.33. The van der Waals surface area contributed by atoms with Crippen molar-refractivity contribution in [1.29, 1.82) is 0 Å². The second kappa shape index (κ2) is 10.8. The molecule has 11 rings (SSSR count). The average Bonchev–Trinajstić information content (AvgIpc) is 3.73. The van der Waals surface area contributed by atoms with Gasteiger partial charge in [0.15, 0.2) is 0 Å². The Morgan fingerprint density at radius 1 is 0.353 bits per heavy atom. The Morgan fingerprint density at radius 2 is 0.941 bits per heavy atom. The number of pyridine rings is 2. The number of hydrogen-bond acceptors (Lipinski definition) is 3. The fourth-order valence-corrected chi connectivity index (χ4v) is 8.24. The van der Waals surface area contributed by atoms with Crippen LogP contribution in [0.3, 0.4) is 0 Å². The van der Waals surface area contributed by atoms with E-state index in [1.807, 2.05) is 36.9 Å². The first-order chi connectivity index (χ1) is 25.3. The van der Waals surface area contributed by atoms with E-state index in [0.717, 1.165) is 50.7 Å². The number of rotatable bonds is 4. The molecule has 0 amide bonds. The van der Waals surface area contributed by atoms with Crippen LogP contribution in [0.15, 0.2) is 176 Å². The minimum absolute atomic E-state index is 1.07. The molecule has 4 aromatic heterocycles. The molecule has 0 radical (unpaired) electrons. The molecule has 0 aliphatic carbocycles. The van der Waals surface area contributed by atoms with Crippen LogP contribution in [0, 0.1) is 0 Å². The second-order valence-corrected chi connectivity index (χ2v) is 13.1. The lowest BCUT2D eigenvalue weighted by Crippen LogP contribution is -2.18. The van der Waals surface area contributed by atoms with Gasteiger partial charge in [0.2, 0.25) is 0 Å². The molecule has 0 fully saturated rings. The Morgan fingerprint density at radius 3 is 1.67 bits per heavy atom. The van der Waals surface area contributed by atoms with Crippen LogP contribution in [-0.2, 0) is 0 Å². The van der Waals surface area contributed by atoms with Gasteiger partial charge in [-0.25, -0.2) is 0 Å². The highest BCUT2D eigenvalue weighted by molar-refractivity contribution is 6.26. The van der Waals surface area contributed by atoms with E-state index in [-0.39, 0.29) is 0 Å². The zero-order chi connectivity index (χ0) is 33.5. The van der Waals surface area contributed by atoms with Crippen LogP contribution >= 0.6 is 0 Å². The van der Waals surface area contributed by atoms with E-state index in [0.29, 0.717) is 0 Å². The van der Waals surface area contributed by atoms with Crippen LogP contribution in [0.2, 0.25) is 0 Å². The number of aromatic nitrogens is 4. The van der Waals surface area contributed by atoms with E-state index in [2.05, 4.69) is 164 Å².